The molecule has 0 amide bonds. The van der Waals surface area contributed by atoms with E-state index in [-0.39, 0.29) is 29.3 Å². The molecule has 8 aromatic rings. The van der Waals surface area contributed by atoms with E-state index in [9.17, 15) is 17.2 Å². The molecule has 0 spiro atoms. The zero-order chi connectivity index (χ0) is 46.2. The Hall–Kier alpha value is -7.47. The van der Waals surface area contributed by atoms with Gasteiger partial charge in [0.2, 0.25) is 27.7 Å². The minimum absolute atomic E-state index is 0.0258. The molecule has 10 rings (SSSR count). The van der Waals surface area contributed by atoms with Crippen molar-refractivity contribution >= 4 is 50.6 Å². The molecule has 2 fully saturated rings. The number of nitrogens with one attached hydrogen (secondary N) is 3. The molecular formula is C43H46F2N16O4S. The normalized spacial score (nSPS) is 13.8. The summed E-state index contributed by atoms with van der Waals surface area (Å²) in [6.07, 6.45) is 2.71. The van der Waals surface area contributed by atoms with Crippen LogP contribution < -0.4 is 33.2 Å². The fourth-order valence-corrected chi connectivity index (χ4v) is 6.97. The van der Waals surface area contributed by atoms with E-state index in [0.29, 0.717) is 53.9 Å². The van der Waals surface area contributed by atoms with Crippen molar-refractivity contribution in [1.29, 1.82) is 0 Å². The molecule has 0 aliphatic carbocycles. The van der Waals surface area contributed by atoms with Crippen molar-refractivity contribution in [3.63, 3.8) is 0 Å². The number of ether oxygens (including phenoxy) is 2. The van der Waals surface area contributed by atoms with Crippen LogP contribution in [-0.2, 0) is 32.2 Å². The summed E-state index contributed by atoms with van der Waals surface area (Å²) in [5.74, 6) is 0.314. The van der Waals surface area contributed by atoms with Crippen LogP contribution in [0.25, 0.3) is 34.3 Å². The number of halogens is 2. The van der Waals surface area contributed by atoms with Crippen molar-refractivity contribution in [1.82, 2.24) is 49.1 Å². The number of sulfone groups is 1. The lowest BCUT2D eigenvalue weighted by Crippen LogP contribution is -2.40. The first-order chi connectivity index (χ1) is 31.9. The summed E-state index contributed by atoms with van der Waals surface area (Å²) < 4.78 is 62.3. The lowest BCUT2D eigenvalue weighted by atomic mass is 10.1. The van der Waals surface area contributed by atoms with Gasteiger partial charge >= 0.3 is 0 Å². The summed E-state index contributed by atoms with van der Waals surface area (Å²) in [6, 6.07) is 29.4. The predicted octanol–water partition coefficient (Wildman–Crippen LogP) is 3.68. The van der Waals surface area contributed by atoms with Crippen LogP contribution in [0.5, 0.6) is 0 Å². The van der Waals surface area contributed by atoms with Crippen LogP contribution in [-0.4, -0.2) is 115 Å². The summed E-state index contributed by atoms with van der Waals surface area (Å²) in [5.41, 5.74) is 22.8. The van der Waals surface area contributed by atoms with Gasteiger partial charge in [-0.25, -0.2) is 17.2 Å². The molecule has 0 bridgehead atoms. The first kappa shape index (κ1) is 45.1. The molecule has 0 atom stereocenters. The van der Waals surface area contributed by atoms with Gasteiger partial charge in [-0.1, -0.05) is 48.5 Å². The molecular weight excluding hydrogens is 875 g/mol. The van der Waals surface area contributed by atoms with Crippen molar-refractivity contribution < 1.29 is 26.7 Å². The highest BCUT2D eigenvalue weighted by molar-refractivity contribution is 7.90. The number of hydrogen-bond donors (Lipinski definition) is 6. The maximum atomic E-state index is 13.5. The van der Waals surface area contributed by atoms with Crippen molar-refractivity contribution in [2.24, 2.45) is 5.73 Å². The Balaban J connectivity index is 0.000000146. The van der Waals surface area contributed by atoms with Gasteiger partial charge in [0, 0.05) is 35.3 Å². The zero-order valence-electron chi connectivity index (χ0n) is 35.6. The third kappa shape index (κ3) is 11.4. The minimum atomic E-state index is -3.62. The molecule has 2 aliphatic rings. The van der Waals surface area contributed by atoms with Gasteiger partial charge in [-0.05, 0) is 79.0 Å². The van der Waals surface area contributed by atoms with Gasteiger partial charge in [0.1, 0.15) is 11.6 Å². The van der Waals surface area contributed by atoms with Crippen molar-refractivity contribution in [2.45, 2.75) is 30.1 Å². The number of nitrogens with two attached hydrogens (primary N) is 3. The first-order valence-electron chi connectivity index (χ1n) is 20.7. The Kier molecular flexibility index (Phi) is 13.8. The maximum Gasteiger partial charge on any atom is 0.259 e. The van der Waals surface area contributed by atoms with E-state index >= 15 is 0 Å². The molecule has 0 saturated carbocycles. The molecule has 66 heavy (non-hydrogen) atoms. The standard InChI is InChI=1S/C21H21FN8O.C11H9FN6O2S.C11H16N2O/c22-15-3-1-2-14(10-15)18-26-21-28-20(27-19(23)30(21)29-18)24-9-8-13-4-6-16(7-5-13)25-17-11-31-12-17;1-21(19,20)11-15-9(13)18-10(16-11)14-8(17-18)6-3-2-4-7(12)5-6;12-6-5-9-1-3-10(4-2-9)13-11-7-14-8-11/h1-7,10,17,25H,8-9,11-12H2,(H3,23,24,26,27,28,29);2-5H,1H3,(H2,13,14,15,16,17);1-4,11,13H,5-8,12H2. The fourth-order valence-electron chi connectivity index (χ4n) is 6.47. The highest BCUT2D eigenvalue weighted by Gasteiger charge is 2.20. The van der Waals surface area contributed by atoms with Gasteiger partial charge in [-0.2, -0.15) is 38.9 Å². The predicted molar refractivity (Wildman–Crippen MR) is 244 cm³/mol. The Bertz CT molecular complexity index is 3040. The second-order valence-corrected chi connectivity index (χ2v) is 17.1. The molecule has 2 aliphatic heterocycles. The Morgan fingerprint density at radius 2 is 1.14 bits per heavy atom. The molecule has 342 valence electrons. The molecule has 2 saturated heterocycles. The molecule has 0 radical (unpaired) electrons. The number of rotatable bonds is 13. The molecule has 9 N–H and O–H groups in total. The second kappa shape index (κ2) is 20.1. The lowest BCUT2D eigenvalue weighted by Gasteiger charge is -2.27. The zero-order valence-corrected chi connectivity index (χ0v) is 36.4. The largest absolute Gasteiger partial charge is 0.378 e. The average molecular weight is 921 g/mol. The van der Waals surface area contributed by atoms with Crippen LogP contribution in [0, 0.1) is 11.6 Å². The van der Waals surface area contributed by atoms with Crippen LogP contribution in [0.1, 0.15) is 11.1 Å². The Morgan fingerprint density at radius 3 is 1.59 bits per heavy atom. The summed E-state index contributed by atoms with van der Waals surface area (Å²) in [5, 5.41) is 17.9. The Labute approximate surface area is 377 Å². The van der Waals surface area contributed by atoms with Crippen molar-refractivity contribution in [2.75, 3.05) is 73.2 Å². The summed E-state index contributed by atoms with van der Waals surface area (Å²) >= 11 is 0. The van der Waals surface area contributed by atoms with E-state index < -0.39 is 20.8 Å². The minimum Gasteiger partial charge on any atom is -0.378 e. The van der Waals surface area contributed by atoms with E-state index in [1.165, 1.54) is 51.7 Å². The number of fused-ring (bicyclic) bond motifs is 2. The number of aromatic nitrogens is 10. The highest BCUT2D eigenvalue weighted by Crippen LogP contribution is 2.21. The average Bonchev–Trinajstić information content (AvgIpc) is 3.91. The molecule has 23 heteroatoms. The van der Waals surface area contributed by atoms with E-state index in [1.54, 1.807) is 18.2 Å². The van der Waals surface area contributed by atoms with E-state index in [1.807, 2.05) is 0 Å². The van der Waals surface area contributed by atoms with Crippen LogP contribution in [0.15, 0.2) is 102 Å². The van der Waals surface area contributed by atoms with E-state index in [0.717, 1.165) is 55.7 Å². The van der Waals surface area contributed by atoms with E-state index in [4.69, 9.17) is 26.7 Å². The van der Waals surface area contributed by atoms with Crippen molar-refractivity contribution in [3.8, 4) is 22.8 Å². The van der Waals surface area contributed by atoms with E-state index in [2.05, 4.69) is 105 Å². The highest BCUT2D eigenvalue weighted by atomic mass is 32.2. The molecule has 4 aromatic carbocycles. The lowest BCUT2D eigenvalue weighted by molar-refractivity contribution is 0.0211. The van der Waals surface area contributed by atoms with Gasteiger partial charge in [0.15, 0.2) is 11.6 Å². The van der Waals surface area contributed by atoms with Gasteiger partial charge < -0.3 is 42.6 Å². The topological polar surface area (TPSA) is 279 Å². The van der Waals surface area contributed by atoms with Crippen LogP contribution in [0.3, 0.4) is 0 Å². The summed E-state index contributed by atoms with van der Waals surface area (Å²) in [6.45, 7) is 4.51. The summed E-state index contributed by atoms with van der Waals surface area (Å²) in [4.78, 5) is 24.5. The SMILES string of the molecule is CS(=O)(=O)c1nc(N)n2nc(-c3cccc(F)c3)nc2n1.NCCc1ccc(NC2COC2)cc1.Nc1nc(NCCc2ccc(NC3COC3)cc2)nc2nc(-c3cccc(F)c3)nn12. The number of anilines is 5. The van der Waals surface area contributed by atoms with Crippen LogP contribution in [0.2, 0.25) is 0 Å². The van der Waals surface area contributed by atoms with Gasteiger partial charge in [0.25, 0.3) is 16.7 Å². The maximum absolute atomic E-state index is 13.5. The third-order valence-electron chi connectivity index (χ3n) is 10.00. The summed E-state index contributed by atoms with van der Waals surface area (Å²) in [7, 11) is -3.62. The van der Waals surface area contributed by atoms with Gasteiger partial charge in [-0.15, -0.1) is 10.2 Å². The third-order valence-corrected chi connectivity index (χ3v) is 10.8. The molecule has 20 nitrogen and oxygen atoms in total. The molecule has 6 heterocycles. The molecule has 0 unspecified atom stereocenters. The fraction of sp³-hybridized carbons (Fsp3) is 0.256. The number of benzene rings is 4. The van der Waals surface area contributed by atoms with Crippen LogP contribution in [0.4, 0.5) is 38.0 Å². The second-order valence-electron chi connectivity index (χ2n) is 15.2. The first-order valence-corrected chi connectivity index (χ1v) is 22.6. The smallest absolute Gasteiger partial charge is 0.259 e. The molecule has 4 aromatic heterocycles. The van der Waals surface area contributed by atoms with Gasteiger partial charge in [-0.3, -0.25) is 0 Å². The monoisotopic (exact) mass is 920 g/mol. The Morgan fingerprint density at radius 1 is 0.652 bits per heavy atom. The van der Waals surface area contributed by atoms with Crippen molar-refractivity contribution in [3.05, 3.63) is 120 Å². The quantitative estimate of drug-likeness (QED) is 0.0962. The van der Waals surface area contributed by atoms with Crippen LogP contribution >= 0.6 is 0 Å². The number of hydrogen-bond acceptors (Lipinski definition) is 18. The van der Waals surface area contributed by atoms with Gasteiger partial charge in [0.05, 0.1) is 38.5 Å². The number of nitrogen functional groups attached to an aromatic ring is 2. The number of nitrogens with zero attached hydrogens (tertiary/aromatic N) is 10.